The van der Waals surface area contributed by atoms with Gasteiger partial charge < -0.3 is 14.8 Å². The van der Waals surface area contributed by atoms with Crippen molar-refractivity contribution in [3.8, 4) is 11.5 Å². The summed E-state index contributed by atoms with van der Waals surface area (Å²) in [6, 6.07) is 14.3. The molecule has 1 N–H and O–H groups in total. The third kappa shape index (κ3) is 6.45. The maximum Gasteiger partial charge on any atom is 0.240 e. The molecule has 0 spiro atoms. The summed E-state index contributed by atoms with van der Waals surface area (Å²) in [5.74, 6) is 0.702. The second-order valence-corrected chi connectivity index (χ2v) is 8.09. The van der Waals surface area contributed by atoms with E-state index in [-0.39, 0.29) is 19.7 Å². The van der Waals surface area contributed by atoms with Crippen LogP contribution in [-0.4, -0.2) is 46.9 Å². The van der Waals surface area contributed by atoms with Gasteiger partial charge in [-0.15, -0.1) is 0 Å². The second kappa shape index (κ2) is 9.98. The predicted molar refractivity (Wildman–Crippen MR) is 109 cm³/mol. The number of rotatable bonds is 10. The molecule has 8 heteroatoms. The first-order valence-electron chi connectivity index (χ1n) is 8.97. The predicted octanol–water partition coefficient (Wildman–Crippen LogP) is 2.35. The summed E-state index contributed by atoms with van der Waals surface area (Å²) in [4.78, 5) is 12.3. The molecule has 0 aliphatic rings. The largest absolute Gasteiger partial charge is 0.492 e. The van der Waals surface area contributed by atoms with Crippen molar-refractivity contribution in [3.05, 3.63) is 54.1 Å². The molecule has 152 valence electrons. The number of aryl methyl sites for hydroxylation is 1. The summed E-state index contributed by atoms with van der Waals surface area (Å²) < 4.78 is 36.6. The van der Waals surface area contributed by atoms with Gasteiger partial charge >= 0.3 is 0 Å². The molecule has 0 aliphatic heterocycles. The number of nitrogens with zero attached hydrogens (tertiary/aromatic N) is 1. The Labute approximate surface area is 166 Å². The van der Waals surface area contributed by atoms with E-state index in [0.717, 1.165) is 21.9 Å². The van der Waals surface area contributed by atoms with Gasteiger partial charge in [-0.1, -0.05) is 24.3 Å². The van der Waals surface area contributed by atoms with Crippen molar-refractivity contribution in [2.24, 2.45) is 0 Å². The maximum absolute atomic E-state index is 12.3. The zero-order valence-electron chi connectivity index (χ0n) is 16.3. The highest BCUT2D eigenvalue weighted by atomic mass is 32.2. The highest BCUT2D eigenvalue weighted by Gasteiger charge is 2.23. The Kier molecular flexibility index (Phi) is 7.69. The summed E-state index contributed by atoms with van der Waals surface area (Å²) >= 11 is 0. The van der Waals surface area contributed by atoms with E-state index >= 15 is 0 Å². The fraction of sp³-hybridized carbons (Fsp3) is 0.350. The molecule has 1 amide bonds. The highest BCUT2D eigenvalue weighted by molar-refractivity contribution is 7.92. The number of anilines is 1. The van der Waals surface area contributed by atoms with E-state index in [9.17, 15) is 13.2 Å². The van der Waals surface area contributed by atoms with Crippen molar-refractivity contribution in [2.75, 3.05) is 36.9 Å². The number of hydrogen-bond acceptors (Lipinski definition) is 5. The molecular weight excluding hydrogens is 380 g/mol. The number of nitrogens with one attached hydrogen (secondary N) is 1. The lowest BCUT2D eigenvalue weighted by Gasteiger charge is -2.24. The first kappa shape index (κ1) is 21.6. The van der Waals surface area contributed by atoms with Gasteiger partial charge in [0.15, 0.2) is 0 Å². The second-order valence-electron chi connectivity index (χ2n) is 6.19. The number of amides is 1. The lowest BCUT2D eigenvalue weighted by atomic mass is 10.2. The number of hydrogen-bond donors (Lipinski definition) is 1. The van der Waals surface area contributed by atoms with E-state index in [4.69, 9.17) is 9.47 Å². The Morgan fingerprint density at radius 1 is 1.11 bits per heavy atom. The molecule has 2 rings (SSSR count). The smallest absolute Gasteiger partial charge is 0.240 e. The number of sulfonamides is 1. The first-order valence-corrected chi connectivity index (χ1v) is 10.8. The van der Waals surface area contributed by atoms with Crippen molar-refractivity contribution in [3.63, 3.8) is 0 Å². The van der Waals surface area contributed by atoms with Crippen molar-refractivity contribution < 1.29 is 22.7 Å². The van der Waals surface area contributed by atoms with Crippen molar-refractivity contribution in [2.45, 2.75) is 13.8 Å². The molecule has 28 heavy (non-hydrogen) atoms. The number of ether oxygens (including phenoxy) is 2. The Bertz CT molecular complexity index is 899. The van der Waals surface area contributed by atoms with E-state index in [2.05, 4.69) is 5.32 Å². The molecular formula is C20H26N2O5S. The lowest BCUT2D eigenvalue weighted by Crippen LogP contribution is -2.41. The van der Waals surface area contributed by atoms with Gasteiger partial charge in [0, 0.05) is 0 Å². The molecule has 0 fully saturated rings. The zero-order chi connectivity index (χ0) is 20.6. The molecule has 0 aliphatic carbocycles. The third-order valence-electron chi connectivity index (χ3n) is 3.80. The molecule has 0 saturated heterocycles. The number of para-hydroxylation sites is 2. The summed E-state index contributed by atoms with van der Waals surface area (Å²) in [6.07, 6.45) is 1.06. The van der Waals surface area contributed by atoms with Crippen LogP contribution in [0.25, 0.3) is 0 Å². The SMILES string of the molecule is CCOc1ccccc1N(CC(=O)NCCOc1cccc(C)c1)S(C)(=O)=O. The van der Waals surface area contributed by atoms with Crippen LogP contribution in [0.1, 0.15) is 12.5 Å². The van der Waals surface area contributed by atoms with Crippen LogP contribution >= 0.6 is 0 Å². The standard InChI is InChI=1S/C20H26N2O5S/c1-4-26-19-11-6-5-10-18(19)22(28(3,24)25)15-20(23)21-12-13-27-17-9-7-8-16(2)14-17/h5-11,14H,4,12-13,15H2,1-3H3,(H,21,23). The normalized spacial score (nSPS) is 11.0. The Morgan fingerprint density at radius 2 is 1.86 bits per heavy atom. The summed E-state index contributed by atoms with van der Waals surface area (Å²) in [5, 5.41) is 2.68. The highest BCUT2D eigenvalue weighted by Crippen LogP contribution is 2.29. The molecule has 0 bridgehead atoms. The Balaban J connectivity index is 1.96. The van der Waals surface area contributed by atoms with Crippen LogP contribution in [-0.2, 0) is 14.8 Å². The van der Waals surface area contributed by atoms with Crippen LogP contribution < -0.4 is 19.1 Å². The number of benzene rings is 2. The van der Waals surface area contributed by atoms with E-state index in [1.807, 2.05) is 38.1 Å². The summed E-state index contributed by atoms with van der Waals surface area (Å²) in [5.41, 5.74) is 1.41. The van der Waals surface area contributed by atoms with Gasteiger partial charge in [0.25, 0.3) is 0 Å². The van der Waals surface area contributed by atoms with Gasteiger partial charge in [-0.2, -0.15) is 0 Å². The third-order valence-corrected chi connectivity index (χ3v) is 4.93. The molecule has 0 aromatic heterocycles. The van der Waals surface area contributed by atoms with Crippen molar-refractivity contribution in [1.82, 2.24) is 5.32 Å². The minimum absolute atomic E-state index is 0.261. The van der Waals surface area contributed by atoms with Crippen LogP contribution in [0, 0.1) is 6.92 Å². The summed E-state index contributed by atoms with van der Waals surface area (Å²) in [7, 11) is -3.67. The summed E-state index contributed by atoms with van der Waals surface area (Å²) in [6.45, 7) is 4.36. The van der Waals surface area contributed by atoms with Crippen LogP contribution in [0.5, 0.6) is 11.5 Å². The van der Waals surface area contributed by atoms with Crippen LogP contribution in [0.15, 0.2) is 48.5 Å². The van der Waals surface area contributed by atoms with E-state index in [0.29, 0.717) is 18.0 Å². The Hall–Kier alpha value is -2.74. The van der Waals surface area contributed by atoms with E-state index < -0.39 is 15.9 Å². The minimum Gasteiger partial charge on any atom is -0.492 e. The van der Waals surface area contributed by atoms with E-state index in [1.165, 1.54) is 0 Å². The maximum atomic E-state index is 12.3. The van der Waals surface area contributed by atoms with Gasteiger partial charge in [-0.3, -0.25) is 9.10 Å². The number of carbonyl (C=O) groups is 1. The average Bonchev–Trinajstić information content (AvgIpc) is 2.63. The molecule has 7 nitrogen and oxygen atoms in total. The lowest BCUT2D eigenvalue weighted by molar-refractivity contribution is -0.119. The molecule has 0 saturated carbocycles. The monoisotopic (exact) mass is 406 g/mol. The Morgan fingerprint density at radius 3 is 2.54 bits per heavy atom. The van der Waals surface area contributed by atoms with Crippen LogP contribution in [0.2, 0.25) is 0 Å². The fourth-order valence-corrected chi connectivity index (χ4v) is 3.43. The molecule has 2 aromatic rings. The van der Waals surface area contributed by atoms with Gasteiger partial charge in [-0.05, 0) is 43.7 Å². The van der Waals surface area contributed by atoms with Crippen LogP contribution in [0.3, 0.4) is 0 Å². The topological polar surface area (TPSA) is 84.9 Å². The molecule has 0 unspecified atom stereocenters. The van der Waals surface area contributed by atoms with Gasteiger partial charge in [0.05, 0.1) is 25.1 Å². The quantitative estimate of drug-likeness (QED) is 0.612. The fourth-order valence-electron chi connectivity index (χ4n) is 2.57. The first-order chi connectivity index (χ1) is 13.3. The van der Waals surface area contributed by atoms with Gasteiger partial charge in [-0.25, -0.2) is 8.42 Å². The molecule has 2 aromatic carbocycles. The van der Waals surface area contributed by atoms with Gasteiger partial charge in [0.2, 0.25) is 15.9 Å². The van der Waals surface area contributed by atoms with Crippen molar-refractivity contribution in [1.29, 1.82) is 0 Å². The number of carbonyl (C=O) groups excluding carboxylic acids is 1. The minimum atomic E-state index is -3.67. The van der Waals surface area contributed by atoms with Crippen LogP contribution in [0.4, 0.5) is 5.69 Å². The van der Waals surface area contributed by atoms with Crippen molar-refractivity contribution >= 4 is 21.6 Å². The molecule has 0 atom stereocenters. The molecule has 0 radical (unpaired) electrons. The zero-order valence-corrected chi connectivity index (χ0v) is 17.2. The van der Waals surface area contributed by atoms with E-state index in [1.54, 1.807) is 24.3 Å². The average molecular weight is 407 g/mol. The van der Waals surface area contributed by atoms with Gasteiger partial charge in [0.1, 0.15) is 24.7 Å². The molecule has 0 heterocycles.